The van der Waals surface area contributed by atoms with Crippen LogP contribution >= 0.6 is 11.3 Å². The van der Waals surface area contributed by atoms with Crippen LogP contribution in [0.4, 0.5) is 11.6 Å². The van der Waals surface area contributed by atoms with Crippen LogP contribution in [0, 0.1) is 0 Å². The van der Waals surface area contributed by atoms with E-state index in [0.29, 0.717) is 53.6 Å². The quantitative estimate of drug-likeness (QED) is 0.647. The zero-order valence-corrected chi connectivity index (χ0v) is 14.1. The number of anilines is 2. The van der Waals surface area contributed by atoms with Crippen LogP contribution in [0.2, 0.25) is 0 Å². The summed E-state index contributed by atoms with van der Waals surface area (Å²) in [5, 5.41) is 10.3. The Kier molecular flexibility index (Phi) is 3.81. The van der Waals surface area contributed by atoms with Gasteiger partial charge in [-0.05, 0) is 25.0 Å². The van der Waals surface area contributed by atoms with Crippen molar-refractivity contribution in [2.24, 2.45) is 5.73 Å². The number of furan rings is 1. The van der Waals surface area contributed by atoms with Crippen molar-refractivity contribution in [2.75, 3.05) is 23.7 Å². The van der Waals surface area contributed by atoms with Crippen molar-refractivity contribution in [3.8, 4) is 11.5 Å². The highest BCUT2D eigenvalue weighted by atomic mass is 32.1. The fourth-order valence-corrected chi connectivity index (χ4v) is 3.93. The van der Waals surface area contributed by atoms with Gasteiger partial charge in [-0.3, -0.25) is 4.79 Å². The average Bonchev–Trinajstić information content (AvgIpc) is 3.23. The van der Waals surface area contributed by atoms with Gasteiger partial charge in [0.2, 0.25) is 5.95 Å². The number of piperidine rings is 1. The number of nitrogen functional groups attached to an aromatic ring is 1. The third kappa shape index (κ3) is 2.71. The molecule has 5 N–H and O–H groups in total. The molecule has 0 radical (unpaired) electrons. The number of hydrogen-bond acceptors (Lipinski definition) is 8. The number of carbonyl (C=O) groups is 1. The number of carbonyl (C=O) groups excluding carboxylic acids is 1. The molecule has 9 heteroatoms. The minimum absolute atomic E-state index is 0.267. The molecule has 0 atom stereocenters. The predicted octanol–water partition coefficient (Wildman–Crippen LogP) is 1.59. The minimum Gasteiger partial charge on any atom is -0.463 e. The number of primary amides is 1. The molecule has 130 valence electrons. The lowest BCUT2D eigenvalue weighted by Crippen LogP contribution is -2.36. The summed E-state index contributed by atoms with van der Waals surface area (Å²) < 4.78 is 5.50. The number of aliphatic hydroxyl groups excluding tert-OH is 1. The van der Waals surface area contributed by atoms with Crippen molar-refractivity contribution in [3.05, 3.63) is 23.3 Å². The molecule has 1 fully saturated rings. The van der Waals surface area contributed by atoms with Gasteiger partial charge in [-0.2, -0.15) is 0 Å². The van der Waals surface area contributed by atoms with E-state index in [1.165, 1.54) is 0 Å². The molecule has 3 aromatic rings. The van der Waals surface area contributed by atoms with Gasteiger partial charge in [-0.1, -0.05) is 0 Å². The number of nitrogens with two attached hydrogens (primary N) is 2. The standard InChI is InChI=1S/C16H17N5O3S/c17-11-10-12(9-2-1-7-24-9)19-16(21-5-3-8(22)4-6-21)20-15(10)25-13(11)14(18)23/h1-2,7-8,22H,3-6,17H2,(H2,18,23). The Morgan fingerprint density at radius 1 is 1.36 bits per heavy atom. The summed E-state index contributed by atoms with van der Waals surface area (Å²) in [6.07, 6.45) is 2.59. The van der Waals surface area contributed by atoms with Gasteiger partial charge >= 0.3 is 0 Å². The number of nitrogens with zero attached hydrogens (tertiary/aromatic N) is 3. The number of aliphatic hydroxyl groups is 1. The Morgan fingerprint density at radius 2 is 2.12 bits per heavy atom. The number of amides is 1. The molecular weight excluding hydrogens is 342 g/mol. The number of fused-ring (bicyclic) bond motifs is 1. The molecule has 8 nitrogen and oxygen atoms in total. The second-order valence-electron chi connectivity index (χ2n) is 5.96. The van der Waals surface area contributed by atoms with E-state index in [9.17, 15) is 9.90 Å². The fraction of sp³-hybridized carbons (Fsp3) is 0.312. The Morgan fingerprint density at radius 3 is 2.76 bits per heavy atom. The largest absolute Gasteiger partial charge is 0.463 e. The molecule has 0 saturated carbocycles. The second kappa shape index (κ2) is 6.01. The van der Waals surface area contributed by atoms with E-state index >= 15 is 0 Å². The zero-order chi connectivity index (χ0) is 17.6. The van der Waals surface area contributed by atoms with Gasteiger partial charge in [-0.25, -0.2) is 9.97 Å². The smallest absolute Gasteiger partial charge is 0.260 e. The van der Waals surface area contributed by atoms with Crippen LogP contribution < -0.4 is 16.4 Å². The first-order valence-electron chi connectivity index (χ1n) is 7.91. The van der Waals surface area contributed by atoms with Gasteiger partial charge in [0.25, 0.3) is 5.91 Å². The molecule has 1 amide bonds. The first kappa shape index (κ1) is 15.9. The summed E-state index contributed by atoms with van der Waals surface area (Å²) in [5.74, 6) is 0.489. The maximum absolute atomic E-state index is 11.7. The summed E-state index contributed by atoms with van der Waals surface area (Å²) in [7, 11) is 0. The van der Waals surface area contributed by atoms with E-state index < -0.39 is 5.91 Å². The monoisotopic (exact) mass is 359 g/mol. The lowest BCUT2D eigenvalue weighted by molar-refractivity contribution is 0.100. The van der Waals surface area contributed by atoms with Gasteiger partial charge in [0.15, 0.2) is 5.76 Å². The van der Waals surface area contributed by atoms with Gasteiger partial charge < -0.3 is 25.9 Å². The first-order valence-corrected chi connectivity index (χ1v) is 8.73. The third-order valence-electron chi connectivity index (χ3n) is 4.30. The Labute approximate surface area is 147 Å². The molecule has 1 aliphatic rings. The van der Waals surface area contributed by atoms with Crippen LogP contribution in [0.15, 0.2) is 22.8 Å². The van der Waals surface area contributed by atoms with E-state index in [2.05, 4.69) is 9.97 Å². The lowest BCUT2D eigenvalue weighted by Gasteiger charge is -2.29. The van der Waals surface area contributed by atoms with Crippen LogP contribution in [-0.2, 0) is 0 Å². The predicted molar refractivity (Wildman–Crippen MR) is 95.5 cm³/mol. The molecule has 1 saturated heterocycles. The molecule has 25 heavy (non-hydrogen) atoms. The highest BCUT2D eigenvalue weighted by molar-refractivity contribution is 7.21. The molecule has 4 rings (SSSR count). The number of thiophene rings is 1. The highest BCUT2D eigenvalue weighted by Crippen LogP contribution is 2.39. The summed E-state index contributed by atoms with van der Waals surface area (Å²) in [6, 6.07) is 3.55. The summed E-state index contributed by atoms with van der Waals surface area (Å²) in [4.78, 5) is 23.7. The topological polar surface area (TPSA) is 132 Å². The Bertz CT molecular complexity index is 929. The van der Waals surface area contributed by atoms with Crippen molar-refractivity contribution in [1.82, 2.24) is 9.97 Å². The fourth-order valence-electron chi connectivity index (χ4n) is 2.99. The molecule has 0 spiro atoms. The molecule has 4 heterocycles. The molecule has 0 aromatic carbocycles. The SMILES string of the molecule is NC(=O)c1sc2nc(N3CCC(O)CC3)nc(-c3ccco3)c2c1N. The van der Waals surface area contributed by atoms with Crippen LogP contribution in [-0.4, -0.2) is 40.2 Å². The molecule has 0 aliphatic carbocycles. The van der Waals surface area contributed by atoms with E-state index in [-0.39, 0.29) is 16.7 Å². The van der Waals surface area contributed by atoms with Crippen LogP contribution in [0.3, 0.4) is 0 Å². The van der Waals surface area contributed by atoms with Gasteiger partial charge in [0, 0.05) is 13.1 Å². The number of aromatic nitrogens is 2. The van der Waals surface area contributed by atoms with E-state index in [1.54, 1.807) is 18.4 Å². The summed E-state index contributed by atoms with van der Waals surface area (Å²) in [6.45, 7) is 1.32. The molecule has 0 bridgehead atoms. The van der Waals surface area contributed by atoms with Gasteiger partial charge in [-0.15, -0.1) is 11.3 Å². The Balaban J connectivity index is 1.90. The maximum Gasteiger partial charge on any atom is 0.260 e. The highest BCUT2D eigenvalue weighted by Gasteiger charge is 2.25. The minimum atomic E-state index is -0.589. The zero-order valence-electron chi connectivity index (χ0n) is 13.3. The molecular formula is C16H17N5O3S. The van der Waals surface area contributed by atoms with Crippen molar-refractivity contribution in [2.45, 2.75) is 18.9 Å². The summed E-state index contributed by atoms with van der Waals surface area (Å²) in [5.41, 5.74) is 12.4. The Hall–Kier alpha value is -2.65. The van der Waals surface area contributed by atoms with Crippen molar-refractivity contribution >= 4 is 39.1 Å². The number of rotatable bonds is 3. The molecule has 3 aromatic heterocycles. The average molecular weight is 359 g/mol. The molecule has 1 aliphatic heterocycles. The normalized spacial score (nSPS) is 15.8. The van der Waals surface area contributed by atoms with E-state index in [4.69, 9.17) is 15.9 Å². The van der Waals surface area contributed by atoms with E-state index in [0.717, 1.165) is 11.3 Å². The van der Waals surface area contributed by atoms with Gasteiger partial charge in [0.1, 0.15) is 15.4 Å². The van der Waals surface area contributed by atoms with Crippen molar-refractivity contribution < 1.29 is 14.3 Å². The van der Waals surface area contributed by atoms with E-state index in [1.807, 2.05) is 4.90 Å². The maximum atomic E-state index is 11.7. The second-order valence-corrected chi connectivity index (χ2v) is 6.96. The van der Waals surface area contributed by atoms with Crippen LogP contribution in [0.25, 0.3) is 21.7 Å². The van der Waals surface area contributed by atoms with Crippen LogP contribution in [0.5, 0.6) is 0 Å². The lowest BCUT2D eigenvalue weighted by atomic mass is 10.1. The van der Waals surface area contributed by atoms with Crippen molar-refractivity contribution in [3.63, 3.8) is 0 Å². The van der Waals surface area contributed by atoms with Gasteiger partial charge in [0.05, 0.1) is 23.4 Å². The number of hydrogen-bond donors (Lipinski definition) is 3. The summed E-state index contributed by atoms with van der Waals surface area (Å²) >= 11 is 1.15. The third-order valence-corrected chi connectivity index (χ3v) is 5.42. The van der Waals surface area contributed by atoms with Crippen LogP contribution in [0.1, 0.15) is 22.5 Å². The first-order chi connectivity index (χ1) is 12.0. The van der Waals surface area contributed by atoms with Crippen molar-refractivity contribution in [1.29, 1.82) is 0 Å². The molecule has 0 unspecified atom stereocenters.